The zero-order chi connectivity index (χ0) is 23.4. The van der Waals surface area contributed by atoms with E-state index in [4.69, 9.17) is 15.2 Å². The number of methoxy groups -OCH3 is 1. The van der Waals surface area contributed by atoms with E-state index in [9.17, 15) is 19.1 Å². The van der Waals surface area contributed by atoms with E-state index in [0.717, 1.165) is 0 Å². The van der Waals surface area contributed by atoms with Crippen molar-refractivity contribution in [2.75, 3.05) is 13.7 Å². The van der Waals surface area contributed by atoms with Crippen LogP contribution in [0.25, 0.3) is 10.8 Å². The Morgan fingerprint density at radius 1 is 1.41 bits per heavy atom. The second-order valence-electron chi connectivity index (χ2n) is 7.61. The van der Waals surface area contributed by atoms with Gasteiger partial charge in [-0.15, -0.1) is 0 Å². The standard InChI is InChI=1S/C23H26FN3O5/c1-4-14-18(27-22(30)20(14)24)7-8-32-23-16-10-19(31-3)17(21(25)29)9-15(16)13(11-26-23)6-5-12(2)28/h9-12,14,18,20,28H,4,7-8H2,1-3H3,(H2,25,29)(H,27,30)/t12-,14+,18-,20+/m1/s1. The minimum atomic E-state index is -1.51. The Balaban J connectivity index is 1.93. The maximum Gasteiger partial charge on any atom is 0.255 e. The van der Waals surface area contributed by atoms with Gasteiger partial charge in [-0.1, -0.05) is 18.8 Å². The number of hydrogen-bond acceptors (Lipinski definition) is 6. The predicted octanol–water partition coefficient (Wildman–Crippen LogP) is 1.71. The monoisotopic (exact) mass is 443 g/mol. The number of pyridine rings is 1. The number of aromatic nitrogens is 1. The molecule has 170 valence electrons. The van der Waals surface area contributed by atoms with Crippen molar-refractivity contribution in [1.82, 2.24) is 10.3 Å². The molecular formula is C23H26FN3O5. The van der Waals surface area contributed by atoms with Crippen molar-refractivity contribution >= 4 is 22.6 Å². The summed E-state index contributed by atoms with van der Waals surface area (Å²) in [5.41, 5.74) is 6.13. The zero-order valence-corrected chi connectivity index (χ0v) is 18.1. The van der Waals surface area contributed by atoms with Crippen LogP contribution in [0, 0.1) is 17.8 Å². The van der Waals surface area contributed by atoms with E-state index in [1.54, 1.807) is 12.1 Å². The molecule has 3 rings (SSSR count). The second kappa shape index (κ2) is 9.83. The Bertz CT molecular complexity index is 1090. The first-order chi connectivity index (χ1) is 15.3. The molecule has 2 aromatic rings. The fourth-order valence-electron chi connectivity index (χ4n) is 3.83. The van der Waals surface area contributed by atoms with E-state index in [-0.39, 0.29) is 29.8 Å². The van der Waals surface area contributed by atoms with Crippen molar-refractivity contribution in [2.24, 2.45) is 11.7 Å². The number of benzene rings is 1. The quantitative estimate of drug-likeness (QED) is 0.560. The van der Waals surface area contributed by atoms with E-state index in [0.29, 0.717) is 29.2 Å². The third-order valence-electron chi connectivity index (χ3n) is 5.46. The second-order valence-corrected chi connectivity index (χ2v) is 7.61. The van der Waals surface area contributed by atoms with E-state index in [2.05, 4.69) is 22.1 Å². The topological polar surface area (TPSA) is 124 Å². The maximum absolute atomic E-state index is 14.0. The zero-order valence-electron chi connectivity index (χ0n) is 18.1. The van der Waals surface area contributed by atoms with Crippen molar-refractivity contribution in [1.29, 1.82) is 0 Å². The molecule has 1 aliphatic rings. The van der Waals surface area contributed by atoms with Gasteiger partial charge in [-0.2, -0.15) is 0 Å². The summed E-state index contributed by atoms with van der Waals surface area (Å²) < 4.78 is 25.2. The lowest BCUT2D eigenvalue weighted by Gasteiger charge is -2.18. The summed E-state index contributed by atoms with van der Waals surface area (Å²) in [6.45, 7) is 3.57. The molecule has 32 heavy (non-hydrogen) atoms. The Morgan fingerprint density at radius 3 is 2.78 bits per heavy atom. The molecule has 9 heteroatoms. The van der Waals surface area contributed by atoms with Crippen molar-refractivity contribution < 1.29 is 28.6 Å². The molecule has 2 heterocycles. The van der Waals surface area contributed by atoms with Crippen molar-refractivity contribution in [3.05, 3.63) is 29.5 Å². The van der Waals surface area contributed by atoms with Crippen molar-refractivity contribution in [2.45, 2.75) is 45.0 Å². The molecule has 0 aliphatic carbocycles. The number of aliphatic hydroxyl groups is 1. The number of nitrogens with one attached hydrogen (secondary N) is 1. The number of halogens is 1. The number of carbonyl (C=O) groups excluding carboxylic acids is 2. The van der Waals surface area contributed by atoms with E-state index in [1.165, 1.54) is 20.2 Å². The molecule has 0 bridgehead atoms. The van der Waals surface area contributed by atoms with E-state index >= 15 is 0 Å². The molecule has 4 atom stereocenters. The van der Waals surface area contributed by atoms with Gasteiger partial charge in [-0.05, 0) is 25.5 Å². The average molecular weight is 443 g/mol. The first-order valence-corrected chi connectivity index (χ1v) is 10.3. The Labute approximate surface area is 185 Å². The molecule has 0 saturated carbocycles. The molecule has 1 aliphatic heterocycles. The molecule has 1 aromatic heterocycles. The van der Waals surface area contributed by atoms with Crippen LogP contribution < -0.4 is 20.5 Å². The lowest BCUT2D eigenvalue weighted by molar-refractivity contribution is -0.123. The van der Waals surface area contributed by atoms with Crippen LogP contribution in [0.15, 0.2) is 18.3 Å². The van der Waals surface area contributed by atoms with Crippen LogP contribution in [0.4, 0.5) is 4.39 Å². The van der Waals surface area contributed by atoms with E-state index in [1.807, 2.05) is 6.92 Å². The van der Waals surface area contributed by atoms with Crippen LogP contribution in [0.3, 0.4) is 0 Å². The van der Waals surface area contributed by atoms with Crippen LogP contribution in [0.5, 0.6) is 11.6 Å². The minimum absolute atomic E-state index is 0.172. The van der Waals surface area contributed by atoms with E-state index < -0.39 is 30.0 Å². The summed E-state index contributed by atoms with van der Waals surface area (Å²) in [6.07, 6.45) is 0.0758. The van der Waals surface area contributed by atoms with Gasteiger partial charge < -0.3 is 25.6 Å². The number of alkyl halides is 1. The van der Waals surface area contributed by atoms with Crippen LogP contribution in [0.1, 0.15) is 42.6 Å². The predicted molar refractivity (Wildman–Crippen MR) is 116 cm³/mol. The summed E-state index contributed by atoms with van der Waals surface area (Å²) >= 11 is 0. The number of aliphatic hydroxyl groups excluding tert-OH is 1. The first kappa shape index (κ1) is 23.3. The van der Waals surface area contributed by atoms with Crippen LogP contribution in [-0.2, 0) is 4.79 Å². The summed E-state index contributed by atoms with van der Waals surface area (Å²) in [5.74, 6) is 4.37. The molecule has 1 aromatic carbocycles. The van der Waals surface area contributed by atoms with Gasteiger partial charge in [0, 0.05) is 35.3 Å². The van der Waals surface area contributed by atoms with Crippen molar-refractivity contribution in [3.8, 4) is 23.5 Å². The van der Waals surface area contributed by atoms with Crippen LogP contribution >= 0.6 is 0 Å². The Hall–Kier alpha value is -3.38. The fourth-order valence-corrected chi connectivity index (χ4v) is 3.83. The summed E-state index contributed by atoms with van der Waals surface area (Å²) in [5, 5.41) is 13.3. The Kier molecular flexibility index (Phi) is 7.15. The highest BCUT2D eigenvalue weighted by Crippen LogP contribution is 2.33. The minimum Gasteiger partial charge on any atom is -0.496 e. The number of rotatable bonds is 7. The molecule has 4 N–H and O–H groups in total. The molecule has 0 unspecified atom stereocenters. The fraction of sp³-hybridized carbons (Fsp3) is 0.435. The molecular weight excluding hydrogens is 417 g/mol. The third kappa shape index (κ3) is 4.75. The molecule has 8 nitrogen and oxygen atoms in total. The largest absolute Gasteiger partial charge is 0.496 e. The van der Waals surface area contributed by atoms with Gasteiger partial charge in [0.15, 0.2) is 6.17 Å². The number of nitrogens with two attached hydrogens (primary N) is 1. The summed E-state index contributed by atoms with van der Waals surface area (Å²) in [7, 11) is 1.42. The van der Waals surface area contributed by atoms with Gasteiger partial charge >= 0.3 is 0 Å². The van der Waals surface area contributed by atoms with Gasteiger partial charge in [-0.25, -0.2) is 9.37 Å². The highest BCUT2D eigenvalue weighted by molar-refractivity contribution is 6.03. The van der Waals surface area contributed by atoms with Gasteiger partial charge in [0.2, 0.25) is 5.88 Å². The average Bonchev–Trinajstić information content (AvgIpc) is 3.04. The lowest BCUT2D eigenvalue weighted by atomic mass is 9.94. The lowest BCUT2D eigenvalue weighted by Crippen LogP contribution is -2.30. The number of carbonyl (C=O) groups is 2. The maximum atomic E-state index is 14.0. The molecule has 0 radical (unpaired) electrons. The molecule has 2 amide bonds. The highest BCUT2D eigenvalue weighted by Gasteiger charge is 2.41. The number of ether oxygens (including phenoxy) is 2. The van der Waals surface area contributed by atoms with Gasteiger partial charge in [0.05, 0.1) is 24.8 Å². The normalized spacial score (nSPS) is 20.9. The first-order valence-electron chi connectivity index (χ1n) is 10.3. The smallest absolute Gasteiger partial charge is 0.255 e. The number of nitrogens with zero attached hydrogens (tertiary/aromatic N) is 1. The van der Waals surface area contributed by atoms with Gasteiger partial charge in [-0.3, -0.25) is 9.59 Å². The Morgan fingerprint density at radius 2 is 2.16 bits per heavy atom. The summed E-state index contributed by atoms with van der Waals surface area (Å²) in [4.78, 5) is 27.8. The molecule has 1 saturated heterocycles. The molecule has 0 spiro atoms. The number of fused-ring (bicyclic) bond motifs is 1. The summed E-state index contributed by atoms with van der Waals surface area (Å²) in [6, 6.07) is 2.82. The molecule has 1 fully saturated rings. The number of primary amides is 1. The number of amides is 2. The van der Waals surface area contributed by atoms with Gasteiger partial charge in [0.1, 0.15) is 11.9 Å². The third-order valence-corrected chi connectivity index (χ3v) is 5.46. The van der Waals surface area contributed by atoms with Gasteiger partial charge in [0.25, 0.3) is 11.8 Å². The van der Waals surface area contributed by atoms with Crippen molar-refractivity contribution in [3.63, 3.8) is 0 Å². The number of hydrogen-bond donors (Lipinski definition) is 3. The SMILES string of the molecule is CC[C@@H]1[C@H](F)C(=O)N[C@@H]1CCOc1ncc(C#C[C@@H](C)O)c2cc(C(N)=O)c(OC)cc12. The highest BCUT2D eigenvalue weighted by atomic mass is 19.1. The van der Waals surface area contributed by atoms with Crippen LogP contribution in [-0.4, -0.2) is 53.9 Å². The van der Waals surface area contributed by atoms with Crippen LogP contribution in [0.2, 0.25) is 0 Å².